The molecule has 0 atom stereocenters. The van der Waals surface area contributed by atoms with Crippen LogP contribution in [0.25, 0.3) is 11.5 Å². The van der Waals surface area contributed by atoms with Gasteiger partial charge in [0.25, 0.3) is 0 Å². The molecule has 168 valence electrons. The summed E-state index contributed by atoms with van der Waals surface area (Å²) in [7, 11) is 0. The Balaban J connectivity index is 1.27. The number of para-hydroxylation sites is 1. The molecular weight excluding hydrogens is 398 g/mol. The molecule has 0 saturated carbocycles. The van der Waals surface area contributed by atoms with Crippen molar-refractivity contribution in [3.8, 4) is 11.5 Å². The fraction of sp³-hybridized carbons (Fsp3) is 0.462. The minimum absolute atomic E-state index is 0.190. The van der Waals surface area contributed by atoms with Crippen LogP contribution in [0.5, 0.6) is 0 Å². The van der Waals surface area contributed by atoms with E-state index in [9.17, 15) is 4.79 Å². The summed E-state index contributed by atoms with van der Waals surface area (Å²) in [4.78, 5) is 17.6. The fourth-order valence-electron chi connectivity index (χ4n) is 5.06. The number of carbonyl (C=O) groups excluding carboxylic acids is 1. The van der Waals surface area contributed by atoms with E-state index in [0.717, 1.165) is 75.8 Å². The lowest BCUT2D eigenvalue weighted by Crippen LogP contribution is -2.45. The van der Waals surface area contributed by atoms with E-state index in [4.69, 9.17) is 5.10 Å². The van der Waals surface area contributed by atoms with Gasteiger partial charge in [0, 0.05) is 43.5 Å². The first kappa shape index (κ1) is 21.0. The number of likely N-dealkylation sites (tertiary alicyclic amines) is 2. The normalized spacial score (nSPS) is 18.8. The molecule has 2 aromatic heterocycles. The maximum atomic E-state index is 13.0. The molecule has 3 aromatic rings. The van der Waals surface area contributed by atoms with E-state index in [1.165, 1.54) is 5.56 Å². The molecule has 6 heteroatoms. The second-order valence-electron chi connectivity index (χ2n) is 9.39. The van der Waals surface area contributed by atoms with Gasteiger partial charge in [0.2, 0.25) is 5.91 Å². The van der Waals surface area contributed by atoms with E-state index in [-0.39, 0.29) is 5.92 Å². The second-order valence-corrected chi connectivity index (χ2v) is 9.39. The maximum Gasteiger partial charge on any atom is 0.225 e. The number of aromatic nitrogens is 3. The van der Waals surface area contributed by atoms with E-state index in [1.54, 1.807) is 0 Å². The molecular formula is C26H33N5O. The standard InChI is InChI=1S/C26H33N5O/c1-21-9-17-30(18-10-21)26(32)22-11-15-28(16-12-22)20-23-19-27-31(24-7-3-2-4-8-24)25(23)29-13-5-6-14-29/h2-8,13-14,19,21-22H,9-12,15-18,20H2,1H3. The van der Waals surface area contributed by atoms with Crippen molar-refractivity contribution >= 4 is 5.91 Å². The Kier molecular flexibility index (Phi) is 6.12. The Morgan fingerprint density at radius 3 is 2.31 bits per heavy atom. The molecule has 2 saturated heterocycles. The molecule has 0 N–H and O–H groups in total. The lowest BCUT2D eigenvalue weighted by molar-refractivity contribution is -0.138. The first-order valence-electron chi connectivity index (χ1n) is 12.0. The zero-order valence-corrected chi connectivity index (χ0v) is 18.9. The van der Waals surface area contributed by atoms with Crippen molar-refractivity contribution in [1.29, 1.82) is 0 Å². The predicted molar refractivity (Wildman–Crippen MR) is 126 cm³/mol. The number of carbonyl (C=O) groups is 1. The topological polar surface area (TPSA) is 46.3 Å². The Morgan fingerprint density at radius 1 is 0.938 bits per heavy atom. The van der Waals surface area contributed by atoms with Crippen molar-refractivity contribution in [3.05, 3.63) is 66.6 Å². The third-order valence-corrected chi connectivity index (χ3v) is 7.09. The quantitative estimate of drug-likeness (QED) is 0.610. The Hall–Kier alpha value is -2.86. The van der Waals surface area contributed by atoms with E-state index >= 15 is 0 Å². The SMILES string of the molecule is CC1CCN(C(=O)C2CCN(Cc3cnn(-c4ccccc4)c3-n3cccc3)CC2)CC1. The van der Waals surface area contributed by atoms with Crippen molar-refractivity contribution in [3.63, 3.8) is 0 Å². The van der Waals surface area contributed by atoms with Crippen LogP contribution >= 0.6 is 0 Å². The van der Waals surface area contributed by atoms with Crippen LogP contribution in [0.15, 0.2) is 61.1 Å². The zero-order valence-electron chi connectivity index (χ0n) is 18.9. The molecule has 2 aliphatic rings. The number of hydrogen-bond acceptors (Lipinski definition) is 3. The smallest absolute Gasteiger partial charge is 0.225 e. The number of hydrogen-bond donors (Lipinski definition) is 0. The highest BCUT2D eigenvalue weighted by Crippen LogP contribution is 2.26. The summed E-state index contributed by atoms with van der Waals surface area (Å²) in [6.07, 6.45) is 10.4. The van der Waals surface area contributed by atoms with E-state index in [0.29, 0.717) is 5.91 Å². The first-order valence-corrected chi connectivity index (χ1v) is 12.0. The molecule has 2 aliphatic heterocycles. The second kappa shape index (κ2) is 9.33. The molecule has 2 fully saturated rings. The van der Waals surface area contributed by atoms with Crippen LogP contribution in [0.1, 0.15) is 38.2 Å². The van der Waals surface area contributed by atoms with Gasteiger partial charge in [0.1, 0.15) is 5.82 Å². The minimum Gasteiger partial charge on any atom is -0.342 e. The van der Waals surface area contributed by atoms with Gasteiger partial charge >= 0.3 is 0 Å². The molecule has 0 aliphatic carbocycles. The average molecular weight is 432 g/mol. The highest BCUT2D eigenvalue weighted by atomic mass is 16.2. The van der Waals surface area contributed by atoms with Gasteiger partial charge in [0.15, 0.2) is 0 Å². The molecule has 5 rings (SSSR count). The van der Waals surface area contributed by atoms with Crippen LogP contribution < -0.4 is 0 Å². The molecule has 32 heavy (non-hydrogen) atoms. The van der Waals surface area contributed by atoms with Gasteiger partial charge in [0.05, 0.1) is 11.9 Å². The molecule has 0 unspecified atom stereocenters. The monoisotopic (exact) mass is 431 g/mol. The number of piperidine rings is 2. The highest BCUT2D eigenvalue weighted by Gasteiger charge is 2.30. The van der Waals surface area contributed by atoms with Gasteiger partial charge in [-0.15, -0.1) is 0 Å². The highest BCUT2D eigenvalue weighted by molar-refractivity contribution is 5.79. The Labute approximate surface area is 190 Å². The molecule has 0 spiro atoms. The fourth-order valence-corrected chi connectivity index (χ4v) is 5.06. The number of nitrogens with zero attached hydrogens (tertiary/aromatic N) is 5. The predicted octanol–water partition coefficient (Wildman–Crippen LogP) is 4.13. The Bertz CT molecular complexity index is 1010. The van der Waals surface area contributed by atoms with E-state index < -0.39 is 0 Å². The maximum absolute atomic E-state index is 13.0. The van der Waals surface area contributed by atoms with Gasteiger partial charge in [-0.2, -0.15) is 5.10 Å². The number of rotatable bonds is 5. The van der Waals surface area contributed by atoms with Crippen LogP contribution in [0.4, 0.5) is 0 Å². The molecule has 0 radical (unpaired) electrons. The van der Waals surface area contributed by atoms with Crippen LogP contribution in [-0.2, 0) is 11.3 Å². The third-order valence-electron chi connectivity index (χ3n) is 7.09. The first-order chi connectivity index (χ1) is 15.7. The van der Waals surface area contributed by atoms with Gasteiger partial charge in [-0.05, 0) is 69.0 Å². The summed E-state index contributed by atoms with van der Waals surface area (Å²) in [6, 6.07) is 14.4. The number of benzene rings is 1. The van der Waals surface area contributed by atoms with Crippen molar-refractivity contribution < 1.29 is 4.79 Å². The van der Waals surface area contributed by atoms with Crippen molar-refractivity contribution in [2.75, 3.05) is 26.2 Å². The van der Waals surface area contributed by atoms with Crippen molar-refractivity contribution in [2.45, 2.75) is 39.2 Å². The van der Waals surface area contributed by atoms with Crippen molar-refractivity contribution in [1.82, 2.24) is 24.1 Å². The molecule has 4 heterocycles. The van der Waals surface area contributed by atoms with Crippen LogP contribution in [-0.4, -0.2) is 56.2 Å². The average Bonchev–Trinajstić information content (AvgIpc) is 3.50. The number of amides is 1. The van der Waals surface area contributed by atoms with Crippen LogP contribution in [0, 0.1) is 11.8 Å². The van der Waals surface area contributed by atoms with Gasteiger partial charge in [-0.1, -0.05) is 25.1 Å². The van der Waals surface area contributed by atoms with Gasteiger partial charge < -0.3 is 9.47 Å². The van der Waals surface area contributed by atoms with Crippen LogP contribution in [0.3, 0.4) is 0 Å². The minimum atomic E-state index is 0.190. The summed E-state index contributed by atoms with van der Waals surface area (Å²) in [5.74, 6) is 2.42. The summed E-state index contributed by atoms with van der Waals surface area (Å²) in [5, 5.41) is 4.73. The van der Waals surface area contributed by atoms with E-state index in [1.807, 2.05) is 41.2 Å². The molecule has 1 aromatic carbocycles. The lowest BCUT2D eigenvalue weighted by atomic mass is 9.92. The molecule has 1 amide bonds. The van der Waals surface area contributed by atoms with Crippen LogP contribution in [0.2, 0.25) is 0 Å². The summed E-state index contributed by atoms with van der Waals surface area (Å²) < 4.78 is 4.16. The summed E-state index contributed by atoms with van der Waals surface area (Å²) in [5.41, 5.74) is 2.27. The summed E-state index contributed by atoms with van der Waals surface area (Å²) >= 11 is 0. The Morgan fingerprint density at radius 2 is 1.62 bits per heavy atom. The van der Waals surface area contributed by atoms with Gasteiger partial charge in [-0.25, -0.2) is 4.68 Å². The van der Waals surface area contributed by atoms with E-state index in [2.05, 4.69) is 45.8 Å². The lowest BCUT2D eigenvalue weighted by Gasteiger charge is -2.36. The van der Waals surface area contributed by atoms with Crippen molar-refractivity contribution in [2.24, 2.45) is 11.8 Å². The molecule has 0 bridgehead atoms. The third kappa shape index (κ3) is 4.37. The molecule has 6 nitrogen and oxygen atoms in total. The summed E-state index contributed by atoms with van der Waals surface area (Å²) in [6.45, 7) is 6.95. The zero-order chi connectivity index (χ0) is 21.9. The largest absolute Gasteiger partial charge is 0.342 e. The van der Waals surface area contributed by atoms with Gasteiger partial charge in [-0.3, -0.25) is 9.69 Å².